The lowest BCUT2D eigenvalue weighted by Crippen LogP contribution is -2.44. The second-order valence-electron chi connectivity index (χ2n) is 5.05. The lowest BCUT2D eigenvalue weighted by molar-refractivity contribution is -0.0746. The summed E-state index contributed by atoms with van der Waals surface area (Å²) in [7, 11) is 0. The number of nitrogens with zero attached hydrogens (tertiary/aromatic N) is 5. The lowest BCUT2D eigenvalue weighted by Gasteiger charge is -2.20. The van der Waals surface area contributed by atoms with Crippen LogP contribution in [0.2, 0.25) is 0 Å². The number of aliphatic hydroxyl groups is 2. The number of halogens is 1. The van der Waals surface area contributed by atoms with Gasteiger partial charge in [-0.15, -0.1) is 0 Å². The van der Waals surface area contributed by atoms with E-state index in [1.807, 2.05) is 0 Å². The van der Waals surface area contributed by atoms with Crippen molar-refractivity contribution in [1.29, 1.82) is 5.26 Å². The fourth-order valence-electron chi connectivity index (χ4n) is 2.49. The van der Waals surface area contributed by atoms with Gasteiger partial charge in [-0.2, -0.15) is 10.4 Å². The molecule has 2 aromatic rings. The van der Waals surface area contributed by atoms with Crippen LogP contribution in [0.25, 0.3) is 5.65 Å². The van der Waals surface area contributed by atoms with Crippen LogP contribution < -0.4 is 5.73 Å². The predicted octanol–water partition coefficient (Wildman–Crippen LogP) is -0.960. The molecule has 1 fully saturated rings. The summed E-state index contributed by atoms with van der Waals surface area (Å²) in [5.41, 5.74) is 4.08. The molecule has 1 aliphatic heterocycles. The van der Waals surface area contributed by atoms with Crippen LogP contribution in [-0.4, -0.2) is 54.3 Å². The summed E-state index contributed by atoms with van der Waals surface area (Å²) in [6, 6.07) is 1.62. The Bertz CT molecular complexity index is 774. The van der Waals surface area contributed by atoms with E-state index >= 15 is 0 Å². The van der Waals surface area contributed by atoms with Crippen LogP contribution in [0.3, 0.4) is 0 Å². The molecule has 9 nitrogen and oxygen atoms in total. The van der Waals surface area contributed by atoms with Gasteiger partial charge in [0.05, 0.1) is 18.5 Å². The van der Waals surface area contributed by atoms with E-state index in [9.17, 15) is 14.6 Å². The zero-order valence-corrected chi connectivity index (χ0v) is 11.5. The number of aryl methyl sites for hydroxylation is 1. The van der Waals surface area contributed by atoms with E-state index in [-0.39, 0.29) is 17.2 Å². The van der Waals surface area contributed by atoms with Gasteiger partial charge in [-0.3, -0.25) is 0 Å². The molecule has 0 unspecified atom stereocenters. The van der Waals surface area contributed by atoms with Crippen LogP contribution in [0.1, 0.15) is 17.6 Å². The molecule has 1 aliphatic rings. The molecule has 4 atom stereocenters. The Labute approximate surface area is 123 Å². The van der Waals surface area contributed by atoms with Gasteiger partial charge in [0.15, 0.2) is 17.6 Å². The molecule has 1 saturated heterocycles. The fraction of sp³-hybridized carbons (Fsp3) is 0.500. The molecular weight excluding hydrogens is 295 g/mol. The quantitative estimate of drug-likeness (QED) is 0.643. The fourth-order valence-corrected chi connectivity index (χ4v) is 2.49. The predicted molar refractivity (Wildman–Crippen MR) is 70.1 cm³/mol. The highest BCUT2D eigenvalue weighted by atomic mass is 19.1. The molecule has 0 aromatic carbocycles. The molecule has 0 bridgehead atoms. The number of rotatable bonds is 2. The topological polar surface area (TPSA) is 143 Å². The molecule has 10 heteroatoms. The van der Waals surface area contributed by atoms with Crippen molar-refractivity contribution in [2.75, 3.05) is 12.3 Å². The maximum atomic E-state index is 14.4. The van der Waals surface area contributed by atoms with Crippen molar-refractivity contribution >= 4 is 11.5 Å². The Hall–Kier alpha value is -2.35. The average Bonchev–Trinajstić information content (AvgIpc) is 3.01. The summed E-state index contributed by atoms with van der Waals surface area (Å²) in [4.78, 5) is 7.95. The van der Waals surface area contributed by atoms with Crippen molar-refractivity contribution in [2.45, 2.75) is 30.9 Å². The number of ether oxygens (including phenoxy) is 1. The molecule has 0 aliphatic carbocycles. The number of aliphatic hydroxyl groups excluding tert-OH is 2. The first-order valence-corrected chi connectivity index (χ1v) is 6.43. The van der Waals surface area contributed by atoms with Crippen molar-refractivity contribution in [1.82, 2.24) is 19.6 Å². The van der Waals surface area contributed by atoms with Crippen LogP contribution in [-0.2, 0) is 4.74 Å². The van der Waals surface area contributed by atoms with Gasteiger partial charge in [0.25, 0.3) is 0 Å². The van der Waals surface area contributed by atoms with Crippen molar-refractivity contribution in [2.24, 2.45) is 0 Å². The van der Waals surface area contributed by atoms with Gasteiger partial charge in [0.1, 0.15) is 24.1 Å². The first-order valence-electron chi connectivity index (χ1n) is 6.43. The van der Waals surface area contributed by atoms with Crippen molar-refractivity contribution in [3.63, 3.8) is 0 Å². The lowest BCUT2D eigenvalue weighted by atomic mass is 9.97. The molecule has 3 rings (SSSR count). The van der Waals surface area contributed by atoms with Crippen LogP contribution >= 0.6 is 0 Å². The number of alkyl halides is 1. The van der Waals surface area contributed by atoms with Crippen molar-refractivity contribution < 1.29 is 19.3 Å². The second-order valence-corrected chi connectivity index (χ2v) is 5.05. The van der Waals surface area contributed by atoms with E-state index in [0.29, 0.717) is 5.82 Å². The van der Waals surface area contributed by atoms with Gasteiger partial charge in [0.2, 0.25) is 5.60 Å². The Morgan fingerprint density at radius 1 is 1.64 bits per heavy atom. The number of anilines is 1. The summed E-state index contributed by atoms with van der Waals surface area (Å²) >= 11 is 0. The zero-order valence-electron chi connectivity index (χ0n) is 11.5. The van der Waals surface area contributed by atoms with Crippen LogP contribution in [0.15, 0.2) is 6.20 Å². The van der Waals surface area contributed by atoms with Gasteiger partial charge in [0, 0.05) is 0 Å². The summed E-state index contributed by atoms with van der Waals surface area (Å²) in [6.45, 7) is 0.763. The number of nitrogens with two attached hydrogens (primary N) is 1. The first-order chi connectivity index (χ1) is 10.4. The maximum Gasteiger partial charge on any atom is 0.206 e. The molecule has 2 aromatic heterocycles. The van der Waals surface area contributed by atoms with Crippen LogP contribution in [0.4, 0.5) is 10.2 Å². The Balaban J connectivity index is 2.11. The molecule has 0 amide bonds. The summed E-state index contributed by atoms with van der Waals surface area (Å²) in [5, 5.41) is 32.3. The monoisotopic (exact) mass is 308 g/mol. The third-order valence-electron chi connectivity index (χ3n) is 3.64. The van der Waals surface area contributed by atoms with Gasteiger partial charge in [-0.1, -0.05) is 0 Å². The number of hydrogen-bond acceptors (Lipinski definition) is 8. The van der Waals surface area contributed by atoms with Gasteiger partial charge < -0.3 is 20.7 Å². The zero-order chi connectivity index (χ0) is 16.1. The number of imidazole rings is 1. The molecule has 0 radical (unpaired) electrons. The van der Waals surface area contributed by atoms with E-state index in [1.165, 1.54) is 10.7 Å². The van der Waals surface area contributed by atoms with Crippen molar-refractivity contribution in [3.8, 4) is 6.07 Å². The van der Waals surface area contributed by atoms with E-state index < -0.39 is 30.6 Å². The average molecular weight is 308 g/mol. The maximum absolute atomic E-state index is 14.4. The van der Waals surface area contributed by atoms with Crippen LogP contribution in [0.5, 0.6) is 0 Å². The molecule has 116 valence electrons. The third kappa shape index (κ3) is 1.83. The molecule has 0 saturated carbocycles. The number of aromatic nitrogens is 4. The van der Waals surface area contributed by atoms with E-state index in [4.69, 9.17) is 15.7 Å². The van der Waals surface area contributed by atoms with Crippen molar-refractivity contribution in [3.05, 3.63) is 17.7 Å². The van der Waals surface area contributed by atoms with Crippen LogP contribution in [0, 0.1) is 18.3 Å². The highest BCUT2D eigenvalue weighted by molar-refractivity contribution is 5.59. The molecular formula is C12H13FN6O3. The molecule has 22 heavy (non-hydrogen) atoms. The van der Waals surface area contributed by atoms with Gasteiger partial charge in [-0.25, -0.2) is 18.9 Å². The minimum absolute atomic E-state index is 0.112. The Kier molecular flexibility index (Phi) is 3.21. The minimum Gasteiger partial charge on any atom is -0.392 e. The minimum atomic E-state index is -2.03. The number of nitriles is 1. The third-order valence-corrected chi connectivity index (χ3v) is 3.64. The summed E-state index contributed by atoms with van der Waals surface area (Å²) in [5.74, 6) is 0.452. The van der Waals surface area contributed by atoms with Gasteiger partial charge >= 0.3 is 0 Å². The standard InChI is InChI=1S/C12H13FN6O3/c1-5-17-10(15)11-16-2-6(19(11)18-5)8-7(13)9(21)12(3-14,4-20)22-8/h2,7-9,20-21H,4H2,1H3,(H2,15,17,18)/t7-,8-,9-,12+/m0/s1. The molecule has 0 spiro atoms. The first kappa shape index (κ1) is 14.6. The normalized spacial score (nSPS) is 31.5. The van der Waals surface area contributed by atoms with E-state index in [2.05, 4.69) is 15.1 Å². The Morgan fingerprint density at radius 3 is 2.95 bits per heavy atom. The number of nitrogen functional groups attached to an aromatic ring is 1. The number of hydrogen-bond donors (Lipinski definition) is 3. The summed E-state index contributed by atoms with van der Waals surface area (Å²) in [6.07, 6.45) is -3.75. The largest absolute Gasteiger partial charge is 0.392 e. The summed E-state index contributed by atoms with van der Waals surface area (Å²) < 4.78 is 21.0. The smallest absolute Gasteiger partial charge is 0.206 e. The Morgan fingerprint density at radius 2 is 2.36 bits per heavy atom. The second kappa shape index (κ2) is 4.84. The van der Waals surface area contributed by atoms with Gasteiger partial charge in [-0.05, 0) is 6.92 Å². The highest BCUT2D eigenvalue weighted by Gasteiger charge is 2.57. The van der Waals surface area contributed by atoms with E-state index in [1.54, 1.807) is 13.0 Å². The molecule has 3 heterocycles. The SMILES string of the molecule is Cc1nc(N)c2ncc([C@@H]3O[C@](C#N)(CO)[C@@H](O)[C@H]3F)n2n1. The van der Waals surface area contributed by atoms with E-state index in [0.717, 1.165) is 0 Å². The molecule has 4 N–H and O–H groups in total. The number of fused-ring (bicyclic) bond motifs is 1. The highest BCUT2D eigenvalue weighted by Crippen LogP contribution is 2.41.